The molecule has 0 amide bonds. The molecule has 0 spiro atoms. The summed E-state index contributed by atoms with van der Waals surface area (Å²) in [7, 11) is 0. The fourth-order valence-corrected chi connectivity index (χ4v) is 3.04. The van der Waals surface area contributed by atoms with Gasteiger partial charge in [-0.05, 0) is 31.0 Å². The van der Waals surface area contributed by atoms with Gasteiger partial charge >= 0.3 is 0 Å². The van der Waals surface area contributed by atoms with Crippen molar-refractivity contribution in [2.45, 2.75) is 25.4 Å². The van der Waals surface area contributed by atoms with E-state index in [2.05, 4.69) is 33.8 Å². The molecule has 88 valence electrons. The average Bonchev–Trinajstić information content (AvgIpc) is 2.64. The first-order valence-electron chi connectivity index (χ1n) is 5.52. The molecule has 1 aromatic carbocycles. The molecule has 0 saturated carbocycles. The Kier molecular flexibility index (Phi) is 3.90. The van der Waals surface area contributed by atoms with Crippen LogP contribution in [-0.2, 0) is 0 Å². The van der Waals surface area contributed by atoms with Crippen LogP contribution in [0.15, 0.2) is 22.7 Å². The number of likely N-dealkylation sites (tertiary alicyclic amines) is 1. The summed E-state index contributed by atoms with van der Waals surface area (Å²) in [5.74, 6) is 0. The fourth-order valence-electron chi connectivity index (χ4n) is 2.20. The predicted molar refractivity (Wildman–Crippen MR) is 71.7 cm³/mol. The maximum absolute atomic E-state index is 6.25. The molecular formula is C12H16BrClN2. The normalized spacial score (nSPS) is 23.6. The number of benzene rings is 1. The van der Waals surface area contributed by atoms with E-state index in [9.17, 15) is 0 Å². The molecule has 16 heavy (non-hydrogen) atoms. The zero-order chi connectivity index (χ0) is 11.7. The summed E-state index contributed by atoms with van der Waals surface area (Å²) in [6, 6.07) is 6.73. The van der Waals surface area contributed by atoms with E-state index in [-0.39, 0.29) is 0 Å². The van der Waals surface area contributed by atoms with Gasteiger partial charge in [-0.25, -0.2) is 0 Å². The molecule has 4 heteroatoms. The van der Waals surface area contributed by atoms with Crippen LogP contribution in [0.3, 0.4) is 0 Å². The van der Waals surface area contributed by atoms with Crippen LogP contribution in [-0.4, -0.2) is 24.0 Å². The van der Waals surface area contributed by atoms with Gasteiger partial charge in [0.15, 0.2) is 0 Å². The molecular weight excluding hydrogens is 288 g/mol. The minimum atomic E-state index is 0.316. The molecule has 0 radical (unpaired) electrons. The molecule has 2 N–H and O–H groups in total. The van der Waals surface area contributed by atoms with E-state index in [1.807, 2.05) is 12.1 Å². The number of nitrogens with two attached hydrogens (primary N) is 1. The molecule has 2 rings (SSSR count). The predicted octanol–water partition coefficient (Wildman–Crippen LogP) is 3.20. The summed E-state index contributed by atoms with van der Waals surface area (Å²) in [5, 5.41) is 0.822. The molecule has 1 aliphatic heterocycles. The van der Waals surface area contributed by atoms with E-state index in [0.29, 0.717) is 12.1 Å². The van der Waals surface area contributed by atoms with Crippen molar-refractivity contribution >= 4 is 27.5 Å². The van der Waals surface area contributed by atoms with Crippen molar-refractivity contribution in [2.75, 3.05) is 13.1 Å². The second-order valence-corrected chi connectivity index (χ2v) is 5.71. The third-order valence-corrected chi connectivity index (χ3v) is 4.04. The Bertz CT molecular complexity index is 383. The molecule has 0 bridgehead atoms. The molecule has 1 saturated heterocycles. The van der Waals surface area contributed by atoms with Crippen LogP contribution < -0.4 is 5.73 Å². The lowest BCUT2D eigenvalue weighted by atomic mass is 10.1. The highest BCUT2D eigenvalue weighted by Gasteiger charge is 2.25. The molecule has 1 fully saturated rings. The highest BCUT2D eigenvalue weighted by molar-refractivity contribution is 9.10. The molecule has 1 aliphatic rings. The minimum Gasteiger partial charge on any atom is -0.326 e. The van der Waals surface area contributed by atoms with Gasteiger partial charge in [0.2, 0.25) is 0 Å². The first-order chi connectivity index (χ1) is 7.58. The highest BCUT2D eigenvalue weighted by atomic mass is 79.9. The number of hydrogen-bond acceptors (Lipinski definition) is 2. The van der Waals surface area contributed by atoms with Gasteiger partial charge in [-0.3, -0.25) is 4.90 Å². The van der Waals surface area contributed by atoms with Gasteiger partial charge in [-0.1, -0.05) is 33.6 Å². The number of rotatable bonds is 2. The lowest BCUT2D eigenvalue weighted by Crippen LogP contribution is -2.28. The molecule has 1 aromatic rings. The van der Waals surface area contributed by atoms with E-state index >= 15 is 0 Å². The van der Waals surface area contributed by atoms with Gasteiger partial charge in [0.05, 0.1) is 0 Å². The standard InChI is InChI=1S/C12H16BrClN2/c1-8(16-5-4-10(15)7-16)11-3-2-9(13)6-12(11)14/h2-3,6,8,10H,4-5,7,15H2,1H3. The molecule has 2 nitrogen and oxygen atoms in total. The third-order valence-electron chi connectivity index (χ3n) is 3.22. The third kappa shape index (κ3) is 2.59. The molecule has 0 aromatic heterocycles. The Labute approximate surface area is 110 Å². The Balaban J connectivity index is 2.17. The van der Waals surface area contributed by atoms with Crippen molar-refractivity contribution in [2.24, 2.45) is 5.73 Å². The zero-order valence-electron chi connectivity index (χ0n) is 9.29. The first kappa shape index (κ1) is 12.4. The van der Waals surface area contributed by atoms with Crippen molar-refractivity contribution in [3.63, 3.8) is 0 Å². The maximum Gasteiger partial charge on any atom is 0.0464 e. The van der Waals surface area contributed by atoms with Gasteiger partial charge in [-0.2, -0.15) is 0 Å². The first-order valence-corrected chi connectivity index (χ1v) is 6.69. The molecule has 0 aliphatic carbocycles. The number of halogens is 2. The lowest BCUT2D eigenvalue weighted by Gasteiger charge is -2.25. The zero-order valence-corrected chi connectivity index (χ0v) is 11.6. The van der Waals surface area contributed by atoms with Crippen LogP contribution in [0.1, 0.15) is 24.9 Å². The van der Waals surface area contributed by atoms with Crippen LogP contribution in [0.5, 0.6) is 0 Å². The second-order valence-electron chi connectivity index (χ2n) is 4.39. The van der Waals surface area contributed by atoms with Crippen molar-refractivity contribution in [1.82, 2.24) is 4.90 Å². The van der Waals surface area contributed by atoms with E-state index in [1.54, 1.807) is 0 Å². The number of hydrogen-bond donors (Lipinski definition) is 1. The Morgan fingerprint density at radius 1 is 1.56 bits per heavy atom. The van der Waals surface area contributed by atoms with Gasteiger partial charge in [0.1, 0.15) is 0 Å². The monoisotopic (exact) mass is 302 g/mol. The molecule has 2 unspecified atom stereocenters. The van der Waals surface area contributed by atoms with Crippen LogP contribution in [0.25, 0.3) is 0 Å². The molecule has 2 atom stereocenters. The van der Waals surface area contributed by atoms with E-state index in [0.717, 1.165) is 29.0 Å². The maximum atomic E-state index is 6.25. The van der Waals surface area contributed by atoms with E-state index in [1.165, 1.54) is 5.56 Å². The van der Waals surface area contributed by atoms with Gasteiger partial charge < -0.3 is 5.73 Å². The van der Waals surface area contributed by atoms with Gasteiger partial charge in [0.25, 0.3) is 0 Å². The Morgan fingerprint density at radius 3 is 2.88 bits per heavy atom. The van der Waals surface area contributed by atoms with Crippen molar-refractivity contribution in [3.8, 4) is 0 Å². The topological polar surface area (TPSA) is 29.3 Å². The van der Waals surface area contributed by atoms with Crippen molar-refractivity contribution in [3.05, 3.63) is 33.3 Å². The quantitative estimate of drug-likeness (QED) is 0.909. The number of nitrogens with zero attached hydrogens (tertiary/aromatic N) is 1. The van der Waals surface area contributed by atoms with Crippen molar-refractivity contribution in [1.29, 1.82) is 0 Å². The van der Waals surface area contributed by atoms with E-state index < -0.39 is 0 Å². The summed E-state index contributed by atoms with van der Waals surface area (Å²) < 4.78 is 1.02. The summed E-state index contributed by atoms with van der Waals surface area (Å²) >= 11 is 9.67. The second kappa shape index (κ2) is 5.05. The minimum absolute atomic E-state index is 0.316. The van der Waals surface area contributed by atoms with Crippen LogP contribution in [0, 0.1) is 0 Å². The molecule has 1 heterocycles. The lowest BCUT2D eigenvalue weighted by molar-refractivity contribution is 0.260. The average molecular weight is 304 g/mol. The largest absolute Gasteiger partial charge is 0.326 e. The van der Waals surface area contributed by atoms with Crippen LogP contribution >= 0.6 is 27.5 Å². The van der Waals surface area contributed by atoms with Crippen LogP contribution in [0.2, 0.25) is 5.02 Å². The van der Waals surface area contributed by atoms with E-state index in [4.69, 9.17) is 17.3 Å². The summed E-state index contributed by atoms with van der Waals surface area (Å²) in [4.78, 5) is 2.39. The summed E-state index contributed by atoms with van der Waals surface area (Å²) in [6.07, 6.45) is 1.08. The Hall–Kier alpha value is -0.0900. The summed E-state index contributed by atoms with van der Waals surface area (Å²) in [5.41, 5.74) is 7.10. The summed E-state index contributed by atoms with van der Waals surface area (Å²) in [6.45, 7) is 4.22. The smallest absolute Gasteiger partial charge is 0.0464 e. The SMILES string of the molecule is CC(c1ccc(Br)cc1Cl)N1CCC(N)C1. The van der Waals surface area contributed by atoms with Crippen molar-refractivity contribution < 1.29 is 0 Å². The Morgan fingerprint density at radius 2 is 2.31 bits per heavy atom. The fraction of sp³-hybridized carbons (Fsp3) is 0.500. The highest BCUT2D eigenvalue weighted by Crippen LogP contribution is 2.31. The van der Waals surface area contributed by atoms with Gasteiger partial charge in [0, 0.05) is 34.7 Å². The van der Waals surface area contributed by atoms with Gasteiger partial charge in [-0.15, -0.1) is 0 Å². The van der Waals surface area contributed by atoms with Crippen LogP contribution in [0.4, 0.5) is 0 Å².